The zero-order chi connectivity index (χ0) is 16.2. The van der Waals surface area contributed by atoms with Gasteiger partial charge in [0.15, 0.2) is 5.54 Å². The predicted molar refractivity (Wildman–Crippen MR) is 83.9 cm³/mol. The van der Waals surface area contributed by atoms with Gasteiger partial charge in [-0.3, -0.25) is 10.3 Å². The third-order valence-corrected chi connectivity index (χ3v) is 4.89. The van der Waals surface area contributed by atoms with Crippen LogP contribution in [0.5, 0.6) is 0 Å². The van der Waals surface area contributed by atoms with E-state index in [4.69, 9.17) is 11.6 Å². The van der Waals surface area contributed by atoms with E-state index in [1.54, 1.807) is 24.3 Å². The minimum absolute atomic E-state index is 0.124. The third-order valence-electron chi connectivity index (χ3n) is 4.66. The molecule has 3 aliphatic rings. The molecule has 7 heteroatoms. The molecule has 0 aromatic heterocycles. The van der Waals surface area contributed by atoms with Crippen LogP contribution in [-0.2, 0) is 5.54 Å². The highest BCUT2D eigenvalue weighted by Crippen LogP contribution is 2.54. The molecule has 2 N–H and O–H groups in total. The van der Waals surface area contributed by atoms with Crippen molar-refractivity contribution in [3.63, 3.8) is 0 Å². The number of rotatable bonds is 2. The Morgan fingerprint density at radius 3 is 2.78 bits per heavy atom. The fourth-order valence-electron chi connectivity index (χ4n) is 3.47. The summed E-state index contributed by atoms with van der Waals surface area (Å²) >= 11 is 6.01. The molecule has 3 nitrogen and oxygen atoms in total. The van der Waals surface area contributed by atoms with Gasteiger partial charge in [-0.15, -0.1) is 0 Å². The molecule has 3 atom stereocenters. The number of fused-ring (bicyclic) bond motifs is 2. The number of hydrogen-bond donors (Lipinski definition) is 2. The normalized spacial score (nSPS) is 32.2. The number of alkyl halides is 3. The van der Waals surface area contributed by atoms with Gasteiger partial charge in [-0.25, -0.2) is 0 Å². The molecular formula is C16H15ClF3N3. The Hall–Kier alpha value is -1.53. The summed E-state index contributed by atoms with van der Waals surface area (Å²) < 4.78 is 43.0. The van der Waals surface area contributed by atoms with Gasteiger partial charge in [0.25, 0.3) is 0 Å². The standard InChI is InChI=1S/C16H15ClF3N3/c17-9-3-6-13-12(8-9)15(16(18,19)20,23-10-4-5-10)11-2-1-7-21-14(11)22-13/h1-3,6-8,10-11,14,22-23H,4-5H2. The third kappa shape index (κ3) is 2.27. The molecule has 23 heavy (non-hydrogen) atoms. The number of allylic oxidation sites excluding steroid dienone is 1. The van der Waals surface area contributed by atoms with Crippen molar-refractivity contribution in [2.24, 2.45) is 10.9 Å². The predicted octanol–water partition coefficient (Wildman–Crippen LogP) is 3.86. The summed E-state index contributed by atoms with van der Waals surface area (Å²) in [6.07, 6.45) is 1.08. The lowest BCUT2D eigenvalue weighted by Crippen LogP contribution is -2.64. The average Bonchev–Trinajstić information content (AvgIpc) is 3.30. The van der Waals surface area contributed by atoms with E-state index in [1.165, 1.54) is 12.3 Å². The molecule has 2 heterocycles. The van der Waals surface area contributed by atoms with Crippen molar-refractivity contribution in [2.45, 2.75) is 36.8 Å². The van der Waals surface area contributed by atoms with Crippen molar-refractivity contribution in [1.82, 2.24) is 5.32 Å². The maximum atomic E-state index is 14.3. The monoisotopic (exact) mass is 341 g/mol. The van der Waals surface area contributed by atoms with E-state index in [9.17, 15) is 13.2 Å². The summed E-state index contributed by atoms with van der Waals surface area (Å²) in [6, 6.07) is 4.47. The first-order chi connectivity index (χ1) is 10.9. The van der Waals surface area contributed by atoms with Crippen LogP contribution in [0.3, 0.4) is 0 Å². The molecule has 0 amide bonds. The highest BCUT2D eigenvalue weighted by molar-refractivity contribution is 6.30. The summed E-state index contributed by atoms with van der Waals surface area (Å²) in [5.74, 6) is -0.862. The van der Waals surface area contributed by atoms with E-state index in [2.05, 4.69) is 15.6 Å². The Bertz CT molecular complexity index is 696. The van der Waals surface area contributed by atoms with Crippen LogP contribution in [0.1, 0.15) is 18.4 Å². The maximum Gasteiger partial charge on any atom is 0.411 e. The molecule has 4 rings (SSSR count). The molecule has 1 aromatic rings. The molecule has 2 aliphatic heterocycles. The summed E-state index contributed by atoms with van der Waals surface area (Å²) in [5.41, 5.74) is -1.61. The van der Waals surface area contributed by atoms with Crippen LogP contribution >= 0.6 is 11.6 Å². The number of hydrogen-bond acceptors (Lipinski definition) is 3. The Kier molecular flexibility index (Phi) is 3.25. The first kappa shape index (κ1) is 15.0. The SMILES string of the molecule is FC(F)(F)C1(NC2CC2)c2cc(Cl)ccc2NC2N=CC=CC21. The van der Waals surface area contributed by atoms with Crippen molar-refractivity contribution < 1.29 is 13.2 Å². The molecule has 1 saturated carbocycles. The molecule has 0 bridgehead atoms. The van der Waals surface area contributed by atoms with Gasteiger partial charge in [0, 0.05) is 34.4 Å². The van der Waals surface area contributed by atoms with E-state index >= 15 is 0 Å². The summed E-state index contributed by atoms with van der Waals surface area (Å²) in [5, 5.41) is 6.27. The Labute approximate surface area is 136 Å². The number of nitrogens with zero attached hydrogens (tertiary/aromatic N) is 1. The van der Waals surface area contributed by atoms with Crippen LogP contribution in [-0.4, -0.2) is 24.6 Å². The van der Waals surface area contributed by atoms with E-state index in [1.807, 2.05) is 0 Å². The molecule has 0 saturated heterocycles. The van der Waals surface area contributed by atoms with Crippen molar-refractivity contribution in [3.8, 4) is 0 Å². The largest absolute Gasteiger partial charge is 0.411 e. The highest BCUT2D eigenvalue weighted by atomic mass is 35.5. The Balaban J connectivity index is 1.96. The number of benzene rings is 1. The minimum atomic E-state index is -4.47. The van der Waals surface area contributed by atoms with Crippen LogP contribution in [0.2, 0.25) is 5.02 Å². The topological polar surface area (TPSA) is 36.4 Å². The van der Waals surface area contributed by atoms with E-state index in [0.717, 1.165) is 12.8 Å². The van der Waals surface area contributed by atoms with Crippen LogP contribution in [0.15, 0.2) is 35.3 Å². The molecule has 122 valence electrons. The van der Waals surface area contributed by atoms with E-state index in [-0.39, 0.29) is 11.6 Å². The molecule has 0 radical (unpaired) electrons. The summed E-state index contributed by atoms with van der Waals surface area (Å²) in [4.78, 5) is 4.21. The zero-order valence-corrected chi connectivity index (χ0v) is 12.8. The Morgan fingerprint density at radius 1 is 1.30 bits per heavy atom. The average molecular weight is 342 g/mol. The second kappa shape index (κ2) is 4.98. The lowest BCUT2D eigenvalue weighted by molar-refractivity contribution is -0.216. The zero-order valence-electron chi connectivity index (χ0n) is 12.1. The fraction of sp³-hybridized carbons (Fsp3) is 0.438. The van der Waals surface area contributed by atoms with E-state index < -0.39 is 23.8 Å². The van der Waals surface area contributed by atoms with Crippen LogP contribution in [0.25, 0.3) is 0 Å². The molecule has 1 aromatic carbocycles. The molecular weight excluding hydrogens is 327 g/mol. The highest BCUT2D eigenvalue weighted by Gasteiger charge is 2.65. The van der Waals surface area contributed by atoms with Gasteiger partial charge >= 0.3 is 6.18 Å². The first-order valence-electron chi connectivity index (χ1n) is 7.53. The number of aliphatic imine (C=N–C) groups is 1. The number of nitrogens with one attached hydrogen (secondary N) is 2. The Morgan fingerprint density at radius 2 is 2.09 bits per heavy atom. The summed E-state index contributed by atoms with van der Waals surface area (Å²) in [7, 11) is 0. The fourth-order valence-corrected chi connectivity index (χ4v) is 3.64. The second-order valence-electron chi connectivity index (χ2n) is 6.21. The lowest BCUT2D eigenvalue weighted by Gasteiger charge is -2.49. The van der Waals surface area contributed by atoms with Gasteiger partial charge < -0.3 is 5.32 Å². The van der Waals surface area contributed by atoms with E-state index in [0.29, 0.717) is 10.7 Å². The minimum Gasteiger partial charge on any atom is -0.363 e. The van der Waals surface area contributed by atoms with Crippen LogP contribution < -0.4 is 10.6 Å². The van der Waals surface area contributed by atoms with Gasteiger partial charge in [0.2, 0.25) is 0 Å². The second-order valence-corrected chi connectivity index (χ2v) is 6.65. The van der Waals surface area contributed by atoms with Crippen molar-refractivity contribution in [1.29, 1.82) is 0 Å². The number of halogens is 4. The van der Waals surface area contributed by atoms with Crippen molar-refractivity contribution in [2.75, 3.05) is 5.32 Å². The van der Waals surface area contributed by atoms with Gasteiger partial charge in [0.1, 0.15) is 6.17 Å². The van der Waals surface area contributed by atoms with Gasteiger partial charge in [-0.1, -0.05) is 17.7 Å². The van der Waals surface area contributed by atoms with Crippen molar-refractivity contribution in [3.05, 3.63) is 40.9 Å². The lowest BCUT2D eigenvalue weighted by atomic mass is 9.71. The molecule has 1 fully saturated rings. The van der Waals surface area contributed by atoms with Crippen LogP contribution in [0.4, 0.5) is 18.9 Å². The van der Waals surface area contributed by atoms with Crippen LogP contribution in [0, 0.1) is 5.92 Å². The maximum absolute atomic E-state index is 14.3. The molecule has 3 unspecified atom stereocenters. The quantitative estimate of drug-likeness (QED) is 0.857. The first-order valence-corrected chi connectivity index (χ1v) is 7.90. The molecule has 1 aliphatic carbocycles. The van der Waals surface area contributed by atoms with Gasteiger partial charge in [0.05, 0.1) is 0 Å². The number of anilines is 1. The van der Waals surface area contributed by atoms with Gasteiger partial charge in [-0.05, 0) is 37.1 Å². The van der Waals surface area contributed by atoms with Crippen molar-refractivity contribution >= 4 is 23.5 Å². The van der Waals surface area contributed by atoms with Gasteiger partial charge in [-0.2, -0.15) is 13.2 Å². The summed E-state index contributed by atoms with van der Waals surface area (Å²) in [6.45, 7) is 0. The smallest absolute Gasteiger partial charge is 0.363 e. The number of dihydropyridines is 1. The molecule has 0 spiro atoms.